The Hall–Kier alpha value is -2.80. The van der Waals surface area contributed by atoms with Crippen LogP contribution in [0.2, 0.25) is 0 Å². The van der Waals surface area contributed by atoms with Crippen LogP contribution in [0.3, 0.4) is 0 Å². The highest BCUT2D eigenvalue weighted by Crippen LogP contribution is 2.20. The van der Waals surface area contributed by atoms with Crippen LogP contribution in [0.4, 0.5) is 0 Å². The molecule has 20 heavy (non-hydrogen) atoms. The summed E-state index contributed by atoms with van der Waals surface area (Å²) in [6, 6.07) is 13.3. The summed E-state index contributed by atoms with van der Waals surface area (Å²) in [6.07, 6.45) is 3.91. The molecule has 0 unspecified atom stereocenters. The fraction of sp³-hybridized carbons (Fsp3) is 0.125. The second kappa shape index (κ2) is 5.06. The quantitative estimate of drug-likeness (QED) is 0.729. The van der Waals surface area contributed by atoms with Gasteiger partial charge < -0.3 is 9.14 Å². The molecule has 2 heterocycles. The Morgan fingerprint density at radius 1 is 1.25 bits per heavy atom. The van der Waals surface area contributed by atoms with E-state index in [1.807, 2.05) is 48.0 Å². The van der Waals surface area contributed by atoms with Crippen molar-refractivity contribution in [3.05, 3.63) is 65.6 Å². The van der Waals surface area contributed by atoms with E-state index in [9.17, 15) is 0 Å². The number of rotatable bonds is 3. The first-order chi connectivity index (χ1) is 9.76. The highest BCUT2D eigenvalue weighted by Gasteiger charge is 2.05. The number of aromatic nitrogens is 2. The standard InChI is InChI=1S/C16H13N3O/c1-12-10-19-8-2-3-15(16(19)18-12)20-11-14-6-4-13(9-17)5-7-14/h2-8,10H,11H2,1H3. The number of fused-ring (bicyclic) bond motifs is 1. The SMILES string of the molecule is Cc1cn2cccc(OCc3ccc(C#N)cc3)c2n1. The molecule has 0 radical (unpaired) electrons. The Kier molecular flexibility index (Phi) is 3.10. The minimum Gasteiger partial charge on any atom is -0.485 e. The molecular formula is C16H13N3O. The zero-order chi connectivity index (χ0) is 13.9. The largest absolute Gasteiger partial charge is 0.485 e. The fourth-order valence-electron chi connectivity index (χ4n) is 2.06. The lowest BCUT2D eigenvalue weighted by Crippen LogP contribution is -1.97. The maximum atomic E-state index is 8.76. The first-order valence-corrected chi connectivity index (χ1v) is 6.32. The zero-order valence-corrected chi connectivity index (χ0v) is 11.1. The molecule has 2 aromatic heterocycles. The number of nitriles is 1. The summed E-state index contributed by atoms with van der Waals surface area (Å²) >= 11 is 0. The second-order valence-electron chi connectivity index (χ2n) is 4.58. The van der Waals surface area contributed by atoms with Gasteiger partial charge in [0, 0.05) is 12.4 Å². The van der Waals surface area contributed by atoms with Gasteiger partial charge in [0.25, 0.3) is 0 Å². The molecule has 0 aliphatic carbocycles. The minimum atomic E-state index is 0.456. The second-order valence-corrected chi connectivity index (χ2v) is 4.58. The number of aryl methyl sites for hydroxylation is 1. The van der Waals surface area contributed by atoms with Crippen molar-refractivity contribution in [2.75, 3.05) is 0 Å². The van der Waals surface area contributed by atoms with Crippen LogP contribution in [-0.4, -0.2) is 9.38 Å². The monoisotopic (exact) mass is 263 g/mol. The first-order valence-electron chi connectivity index (χ1n) is 6.32. The van der Waals surface area contributed by atoms with Gasteiger partial charge in [-0.1, -0.05) is 12.1 Å². The summed E-state index contributed by atoms with van der Waals surface area (Å²) in [5.41, 5.74) is 3.45. The Labute approximate surface area is 116 Å². The van der Waals surface area contributed by atoms with Crippen LogP contribution < -0.4 is 4.74 Å². The number of benzene rings is 1. The molecule has 0 saturated heterocycles. The number of pyridine rings is 1. The molecule has 0 aliphatic rings. The van der Waals surface area contributed by atoms with Crippen molar-refractivity contribution in [1.82, 2.24) is 9.38 Å². The van der Waals surface area contributed by atoms with Gasteiger partial charge in [0.15, 0.2) is 11.4 Å². The lowest BCUT2D eigenvalue weighted by atomic mass is 10.2. The molecule has 0 amide bonds. The van der Waals surface area contributed by atoms with E-state index in [2.05, 4.69) is 11.1 Å². The lowest BCUT2D eigenvalue weighted by Gasteiger charge is -2.07. The van der Waals surface area contributed by atoms with Crippen LogP contribution in [0.1, 0.15) is 16.8 Å². The Balaban J connectivity index is 1.81. The highest BCUT2D eigenvalue weighted by molar-refractivity contribution is 5.54. The summed E-state index contributed by atoms with van der Waals surface area (Å²) in [7, 11) is 0. The Morgan fingerprint density at radius 2 is 2.05 bits per heavy atom. The maximum absolute atomic E-state index is 8.76. The van der Waals surface area contributed by atoms with Gasteiger partial charge in [0.05, 0.1) is 17.3 Å². The Morgan fingerprint density at radius 3 is 2.80 bits per heavy atom. The molecule has 0 N–H and O–H groups in total. The van der Waals surface area contributed by atoms with E-state index in [1.54, 1.807) is 12.1 Å². The first kappa shape index (κ1) is 12.2. The molecule has 0 spiro atoms. The molecule has 0 aliphatic heterocycles. The van der Waals surface area contributed by atoms with Crippen molar-refractivity contribution in [2.45, 2.75) is 13.5 Å². The van der Waals surface area contributed by atoms with Crippen LogP contribution in [0, 0.1) is 18.3 Å². The molecule has 3 aromatic rings. The average molecular weight is 263 g/mol. The summed E-state index contributed by atoms with van der Waals surface area (Å²) < 4.78 is 7.77. The van der Waals surface area contributed by atoms with Gasteiger partial charge in [0.1, 0.15) is 6.61 Å². The van der Waals surface area contributed by atoms with E-state index in [0.717, 1.165) is 22.7 Å². The molecule has 1 aromatic carbocycles. The number of imidazole rings is 1. The van der Waals surface area contributed by atoms with Crippen molar-refractivity contribution < 1.29 is 4.74 Å². The fourth-order valence-corrected chi connectivity index (χ4v) is 2.06. The number of nitrogens with zero attached hydrogens (tertiary/aromatic N) is 3. The minimum absolute atomic E-state index is 0.456. The maximum Gasteiger partial charge on any atom is 0.179 e. The van der Waals surface area contributed by atoms with Gasteiger partial charge in [-0.15, -0.1) is 0 Å². The molecule has 0 atom stereocenters. The van der Waals surface area contributed by atoms with E-state index in [4.69, 9.17) is 10.00 Å². The highest BCUT2D eigenvalue weighted by atomic mass is 16.5. The number of ether oxygens (including phenoxy) is 1. The molecule has 0 bridgehead atoms. The van der Waals surface area contributed by atoms with Crippen LogP contribution in [0.5, 0.6) is 5.75 Å². The predicted molar refractivity (Wildman–Crippen MR) is 75.4 cm³/mol. The molecular weight excluding hydrogens is 250 g/mol. The predicted octanol–water partition coefficient (Wildman–Crippen LogP) is 3.09. The van der Waals surface area contributed by atoms with Crippen LogP contribution in [-0.2, 0) is 6.61 Å². The summed E-state index contributed by atoms with van der Waals surface area (Å²) in [5, 5.41) is 8.76. The number of hydrogen-bond acceptors (Lipinski definition) is 3. The van der Waals surface area contributed by atoms with E-state index in [0.29, 0.717) is 12.2 Å². The molecule has 4 heteroatoms. The van der Waals surface area contributed by atoms with Gasteiger partial charge in [-0.25, -0.2) is 4.98 Å². The molecule has 4 nitrogen and oxygen atoms in total. The van der Waals surface area contributed by atoms with Crippen LogP contribution >= 0.6 is 0 Å². The molecule has 0 fully saturated rings. The Bertz CT molecular complexity index is 782. The van der Waals surface area contributed by atoms with Crippen molar-refractivity contribution in [2.24, 2.45) is 0 Å². The molecule has 98 valence electrons. The van der Waals surface area contributed by atoms with Gasteiger partial charge in [-0.05, 0) is 36.8 Å². The van der Waals surface area contributed by atoms with Crippen molar-refractivity contribution in [3.63, 3.8) is 0 Å². The van der Waals surface area contributed by atoms with E-state index >= 15 is 0 Å². The zero-order valence-electron chi connectivity index (χ0n) is 11.1. The average Bonchev–Trinajstić information content (AvgIpc) is 2.86. The third-order valence-corrected chi connectivity index (χ3v) is 3.04. The van der Waals surface area contributed by atoms with E-state index in [-0.39, 0.29) is 0 Å². The van der Waals surface area contributed by atoms with Crippen molar-refractivity contribution >= 4 is 5.65 Å². The van der Waals surface area contributed by atoms with Crippen LogP contribution in [0.25, 0.3) is 5.65 Å². The van der Waals surface area contributed by atoms with Gasteiger partial charge in [-0.3, -0.25) is 0 Å². The van der Waals surface area contributed by atoms with Crippen molar-refractivity contribution in [1.29, 1.82) is 5.26 Å². The smallest absolute Gasteiger partial charge is 0.179 e. The van der Waals surface area contributed by atoms with Crippen molar-refractivity contribution in [3.8, 4) is 11.8 Å². The van der Waals surface area contributed by atoms with Gasteiger partial charge in [0.2, 0.25) is 0 Å². The number of hydrogen-bond donors (Lipinski definition) is 0. The van der Waals surface area contributed by atoms with Crippen LogP contribution in [0.15, 0.2) is 48.8 Å². The van der Waals surface area contributed by atoms with Gasteiger partial charge >= 0.3 is 0 Å². The third kappa shape index (κ3) is 2.34. The molecule has 0 saturated carbocycles. The molecule has 3 rings (SSSR count). The summed E-state index contributed by atoms with van der Waals surface area (Å²) in [4.78, 5) is 4.45. The lowest BCUT2D eigenvalue weighted by molar-refractivity contribution is 0.308. The third-order valence-electron chi connectivity index (χ3n) is 3.04. The normalized spacial score (nSPS) is 10.4. The van der Waals surface area contributed by atoms with E-state index in [1.165, 1.54) is 0 Å². The topological polar surface area (TPSA) is 50.3 Å². The summed E-state index contributed by atoms with van der Waals surface area (Å²) in [5.74, 6) is 0.755. The van der Waals surface area contributed by atoms with Gasteiger partial charge in [-0.2, -0.15) is 5.26 Å². The summed E-state index contributed by atoms with van der Waals surface area (Å²) in [6.45, 7) is 2.41. The van der Waals surface area contributed by atoms with E-state index < -0.39 is 0 Å².